The molecule has 0 unspecified atom stereocenters. The molecule has 0 radical (unpaired) electrons. The number of hydrogen-bond acceptors (Lipinski definition) is 3. The highest BCUT2D eigenvalue weighted by Crippen LogP contribution is 2.34. The minimum Gasteiger partial charge on any atom is -0.475 e. The van der Waals surface area contributed by atoms with Gasteiger partial charge in [0.15, 0.2) is 0 Å². The number of aromatic nitrogens is 1. The second kappa shape index (κ2) is 3.82. The summed E-state index contributed by atoms with van der Waals surface area (Å²) in [7, 11) is 0. The molecule has 0 bridgehead atoms. The lowest BCUT2D eigenvalue weighted by Gasteiger charge is -2.19. The number of nitrogens with zero attached hydrogens (tertiary/aromatic N) is 1. The molecule has 1 aliphatic rings. The second-order valence-electron chi connectivity index (χ2n) is 3.75. The monoisotopic (exact) mass is 195 g/mol. The predicted molar refractivity (Wildman–Crippen MR) is 49.3 cm³/mol. The van der Waals surface area contributed by atoms with Crippen molar-refractivity contribution in [3.8, 4) is 0 Å². The zero-order chi connectivity index (χ0) is 9.97. The van der Waals surface area contributed by atoms with Crippen LogP contribution in [0.5, 0.6) is 0 Å². The summed E-state index contributed by atoms with van der Waals surface area (Å²) < 4.78 is 4.73. The normalized spacial score (nSPS) is 18.3. The van der Waals surface area contributed by atoms with E-state index >= 15 is 0 Å². The van der Waals surface area contributed by atoms with Crippen LogP contribution >= 0.6 is 0 Å². The van der Waals surface area contributed by atoms with Gasteiger partial charge in [0.25, 0.3) is 0 Å². The Morgan fingerprint density at radius 3 is 2.79 bits per heavy atom. The zero-order valence-electron chi connectivity index (χ0n) is 7.90. The van der Waals surface area contributed by atoms with Gasteiger partial charge in [-0.25, -0.2) is 4.79 Å². The molecule has 1 aromatic rings. The number of carboxylic acid groups (broad SMARTS) is 1. The number of carboxylic acids is 1. The lowest BCUT2D eigenvalue weighted by atomic mass is 9.84. The Bertz CT molecular complexity index is 326. The van der Waals surface area contributed by atoms with Crippen molar-refractivity contribution in [2.75, 3.05) is 0 Å². The maximum absolute atomic E-state index is 10.8. The minimum atomic E-state index is -1.01. The average Bonchev–Trinajstić information content (AvgIpc) is 2.67. The minimum absolute atomic E-state index is 0.0249. The quantitative estimate of drug-likeness (QED) is 0.787. The second-order valence-corrected chi connectivity index (χ2v) is 3.75. The van der Waals surface area contributed by atoms with Crippen LogP contribution in [0, 0.1) is 0 Å². The van der Waals surface area contributed by atoms with Crippen molar-refractivity contribution in [2.45, 2.75) is 38.0 Å². The summed E-state index contributed by atoms with van der Waals surface area (Å²) in [4.78, 5) is 10.8. The van der Waals surface area contributed by atoms with Crippen LogP contribution in [0.15, 0.2) is 10.7 Å². The van der Waals surface area contributed by atoms with E-state index < -0.39 is 5.97 Å². The van der Waals surface area contributed by atoms with Crippen LogP contribution in [0.1, 0.15) is 54.1 Å². The van der Waals surface area contributed by atoms with Crippen molar-refractivity contribution in [3.63, 3.8) is 0 Å². The molecule has 2 rings (SSSR count). The Kier molecular flexibility index (Phi) is 2.52. The van der Waals surface area contributed by atoms with E-state index in [2.05, 4.69) is 5.16 Å². The first-order chi connectivity index (χ1) is 6.79. The summed E-state index contributed by atoms with van der Waals surface area (Å²) in [5.41, 5.74) is 0.775. The van der Waals surface area contributed by atoms with Crippen LogP contribution in [0.4, 0.5) is 0 Å². The molecule has 0 spiro atoms. The molecule has 0 saturated heterocycles. The first-order valence-corrected chi connectivity index (χ1v) is 4.97. The fourth-order valence-corrected chi connectivity index (χ4v) is 2.11. The zero-order valence-corrected chi connectivity index (χ0v) is 7.90. The van der Waals surface area contributed by atoms with Gasteiger partial charge >= 0.3 is 5.97 Å². The van der Waals surface area contributed by atoms with E-state index in [-0.39, 0.29) is 5.76 Å². The number of carbonyl (C=O) groups is 1. The van der Waals surface area contributed by atoms with Gasteiger partial charge < -0.3 is 9.63 Å². The third-order valence-electron chi connectivity index (χ3n) is 2.84. The van der Waals surface area contributed by atoms with Crippen LogP contribution in [0.2, 0.25) is 0 Å². The van der Waals surface area contributed by atoms with Crippen LogP contribution in [-0.4, -0.2) is 16.2 Å². The highest BCUT2D eigenvalue weighted by molar-refractivity contribution is 5.86. The van der Waals surface area contributed by atoms with Gasteiger partial charge in [-0.2, -0.15) is 0 Å². The number of rotatable bonds is 2. The molecule has 1 heterocycles. The van der Waals surface area contributed by atoms with Gasteiger partial charge in [-0.1, -0.05) is 24.4 Å². The number of hydrogen-bond donors (Lipinski definition) is 1. The highest BCUT2D eigenvalue weighted by Gasteiger charge is 2.24. The van der Waals surface area contributed by atoms with E-state index in [0.717, 1.165) is 18.4 Å². The molecule has 4 nitrogen and oxygen atoms in total. The molecule has 0 amide bonds. The molecular formula is C10H13NO3. The third kappa shape index (κ3) is 1.64. The van der Waals surface area contributed by atoms with E-state index in [4.69, 9.17) is 9.63 Å². The van der Waals surface area contributed by atoms with E-state index in [1.807, 2.05) is 0 Å². The molecule has 0 aromatic carbocycles. The molecule has 1 aliphatic carbocycles. The topological polar surface area (TPSA) is 63.3 Å². The molecule has 1 aromatic heterocycles. The van der Waals surface area contributed by atoms with Crippen molar-refractivity contribution in [1.29, 1.82) is 0 Å². The summed E-state index contributed by atoms with van der Waals surface area (Å²) in [6, 6.07) is 0. The van der Waals surface area contributed by atoms with Gasteiger partial charge in [-0.15, -0.1) is 0 Å². The lowest BCUT2D eigenvalue weighted by Crippen LogP contribution is -2.08. The molecule has 1 fully saturated rings. The molecule has 76 valence electrons. The average molecular weight is 195 g/mol. The van der Waals surface area contributed by atoms with E-state index in [1.54, 1.807) is 6.20 Å². The van der Waals surface area contributed by atoms with Crippen molar-refractivity contribution in [1.82, 2.24) is 5.16 Å². The van der Waals surface area contributed by atoms with E-state index in [1.165, 1.54) is 19.3 Å². The predicted octanol–water partition coefficient (Wildman–Crippen LogP) is 2.42. The molecule has 14 heavy (non-hydrogen) atoms. The van der Waals surface area contributed by atoms with Crippen LogP contribution < -0.4 is 0 Å². The first-order valence-electron chi connectivity index (χ1n) is 4.97. The van der Waals surface area contributed by atoms with Gasteiger partial charge in [0, 0.05) is 5.56 Å². The first kappa shape index (κ1) is 9.24. The van der Waals surface area contributed by atoms with Crippen molar-refractivity contribution in [3.05, 3.63) is 17.5 Å². The molecule has 0 aliphatic heterocycles. The molecule has 4 heteroatoms. The Morgan fingerprint density at radius 1 is 1.43 bits per heavy atom. The Morgan fingerprint density at radius 2 is 2.14 bits per heavy atom. The van der Waals surface area contributed by atoms with E-state index in [9.17, 15) is 4.79 Å². The Labute approximate surface area is 81.9 Å². The molecular weight excluding hydrogens is 182 g/mol. The summed E-state index contributed by atoms with van der Waals surface area (Å²) in [6.07, 6.45) is 7.27. The summed E-state index contributed by atoms with van der Waals surface area (Å²) in [5.74, 6) is -0.652. The van der Waals surface area contributed by atoms with Crippen LogP contribution in [0.3, 0.4) is 0 Å². The Hall–Kier alpha value is -1.32. The van der Waals surface area contributed by atoms with Gasteiger partial charge in [0.2, 0.25) is 5.76 Å². The summed E-state index contributed by atoms with van der Waals surface area (Å²) in [6.45, 7) is 0. The third-order valence-corrected chi connectivity index (χ3v) is 2.84. The summed E-state index contributed by atoms with van der Waals surface area (Å²) in [5, 5.41) is 12.4. The lowest BCUT2D eigenvalue weighted by molar-refractivity contribution is 0.0649. The maximum atomic E-state index is 10.8. The number of aromatic carboxylic acids is 1. The molecule has 1 saturated carbocycles. The van der Waals surface area contributed by atoms with Crippen molar-refractivity contribution >= 4 is 5.97 Å². The van der Waals surface area contributed by atoms with Crippen LogP contribution in [0.25, 0.3) is 0 Å². The van der Waals surface area contributed by atoms with Crippen molar-refractivity contribution < 1.29 is 14.4 Å². The molecule has 0 atom stereocenters. The standard InChI is InChI=1S/C10H13NO3/c12-10(13)9-8(6-11-14-9)7-4-2-1-3-5-7/h6-7H,1-5H2,(H,12,13). The van der Waals surface area contributed by atoms with Gasteiger partial charge in [-0.3, -0.25) is 0 Å². The van der Waals surface area contributed by atoms with Gasteiger partial charge in [0.05, 0.1) is 6.20 Å². The highest BCUT2D eigenvalue weighted by atomic mass is 16.5. The fourth-order valence-electron chi connectivity index (χ4n) is 2.11. The van der Waals surface area contributed by atoms with Crippen molar-refractivity contribution in [2.24, 2.45) is 0 Å². The van der Waals surface area contributed by atoms with E-state index in [0.29, 0.717) is 5.92 Å². The fraction of sp³-hybridized carbons (Fsp3) is 0.600. The molecule has 1 N–H and O–H groups in total. The van der Waals surface area contributed by atoms with Gasteiger partial charge in [0.1, 0.15) is 0 Å². The van der Waals surface area contributed by atoms with Crippen LogP contribution in [-0.2, 0) is 0 Å². The van der Waals surface area contributed by atoms with Gasteiger partial charge in [-0.05, 0) is 18.8 Å². The Balaban J connectivity index is 2.21. The summed E-state index contributed by atoms with van der Waals surface area (Å²) >= 11 is 0. The maximum Gasteiger partial charge on any atom is 0.375 e. The SMILES string of the molecule is O=C(O)c1oncc1C1CCCCC1. The smallest absolute Gasteiger partial charge is 0.375 e. The largest absolute Gasteiger partial charge is 0.475 e.